The van der Waals surface area contributed by atoms with Crippen LogP contribution in [0.4, 0.5) is 28.4 Å². The summed E-state index contributed by atoms with van der Waals surface area (Å²) < 4.78 is 48.4. The molecule has 0 radical (unpaired) electrons. The minimum atomic E-state index is -2.23. The number of imide groups is 2. The number of rotatable bonds is 9. The highest BCUT2D eigenvalue weighted by Gasteiger charge is 2.68. The van der Waals surface area contributed by atoms with Crippen molar-refractivity contribution in [2.24, 2.45) is 34.1 Å². The van der Waals surface area contributed by atoms with Gasteiger partial charge in [-0.15, -0.1) is 0 Å². The fourth-order valence-electron chi connectivity index (χ4n) is 11.4. The van der Waals surface area contributed by atoms with Gasteiger partial charge in [0.05, 0.1) is 12.3 Å². The Morgan fingerprint density at radius 2 is 0.984 bits per heavy atom. The molecule has 8 N–H and O–H groups in total. The molecule has 330 valence electrons. The van der Waals surface area contributed by atoms with Gasteiger partial charge in [-0.3, -0.25) is 39.6 Å². The Labute approximate surface area is 355 Å². The van der Waals surface area contributed by atoms with E-state index in [1.807, 2.05) is 10.6 Å². The maximum absolute atomic E-state index is 16.8. The summed E-state index contributed by atoms with van der Waals surface area (Å²) in [6.07, 6.45) is -10.5. The number of fused-ring (bicyclic) bond motifs is 10. The van der Waals surface area contributed by atoms with Crippen LogP contribution in [0.25, 0.3) is 0 Å². The van der Waals surface area contributed by atoms with Gasteiger partial charge in [-0.2, -0.15) is 0 Å². The van der Waals surface area contributed by atoms with E-state index in [0.717, 1.165) is 12.1 Å². The van der Waals surface area contributed by atoms with Gasteiger partial charge in [0.15, 0.2) is 0 Å². The van der Waals surface area contributed by atoms with Crippen molar-refractivity contribution in [1.29, 1.82) is 0 Å². The van der Waals surface area contributed by atoms with Crippen molar-refractivity contribution in [3.8, 4) is 0 Å². The Bertz CT molecular complexity index is 2160. The number of likely N-dealkylation sites (tertiary alicyclic amines) is 2. The Morgan fingerprint density at radius 1 is 0.629 bits per heavy atom. The van der Waals surface area contributed by atoms with Gasteiger partial charge in [-0.25, -0.2) is 22.8 Å². The molecule has 0 spiro atoms. The summed E-state index contributed by atoms with van der Waals surface area (Å²) in [5.41, 5.74) is 6.36. The van der Waals surface area contributed by atoms with Crippen molar-refractivity contribution in [2.45, 2.75) is 89.1 Å². The number of nitrogens with zero attached hydrogens (tertiary/aromatic N) is 3. The van der Waals surface area contributed by atoms with E-state index < -0.39 is 126 Å². The lowest BCUT2D eigenvalue weighted by atomic mass is 9.57. The Balaban J connectivity index is 1.54. The number of alkyl halides is 2. The van der Waals surface area contributed by atoms with Crippen molar-refractivity contribution < 1.29 is 52.2 Å². The van der Waals surface area contributed by atoms with E-state index in [2.05, 4.69) is 0 Å². The first-order valence-electron chi connectivity index (χ1n) is 20.3. The minimum Gasteiger partial charge on any atom is -0.465 e. The Kier molecular flexibility index (Phi) is 11.2. The number of anilines is 1. The van der Waals surface area contributed by atoms with Crippen molar-refractivity contribution in [2.75, 3.05) is 18.0 Å². The molecule has 2 unspecified atom stereocenters. The van der Waals surface area contributed by atoms with Gasteiger partial charge in [0.1, 0.15) is 29.2 Å². The number of carbonyl (C=O) groups is 6. The van der Waals surface area contributed by atoms with Crippen molar-refractivity contribution in [3.05, 3.63) is 101 Å². The van der Waals surface area contributed by atoms with Crippen LogP contribution in [0, 0.1) is 28.5 Å². The number of hydrogen-bond donors (Lipinski definition) is 6. The van der Waals surface area contributed by atoms with Crippen LogP contribution in [0.1, 0.15) is 62.8 Å². The first kappa shape index (κ1) is 44.1. The molecule has 3 aromatic carbocycles. The molecule has 4 aliphatic carbocycles. The van der Waals surface area contributed by atoms with Crippen LogP contribution in [-0.4, -0.2) is 93.6 Å². The Morgan fingerprint density at radius 3 is 1.31 bits per heavy atom. The number of nitrogens with two attached hydrogens (primary N) is 2. The minimum absolute atomic E-state index is 0.0278. The third kappa shape index (κ3) is 6.74. The molecule has 15 nitrogen and oxygen atoms in total. The van der Waals surface area contributed by atoms with E-state index in [1.165, 1.54) is 26.8 Å². The molecule has 4 bridgehead atoms. The van der Waals surface area contributed by atoms with Gasteiger partial charge in [-0.05, 0) is 59.4 Å². The van der Waals surface area contributed by atoms with E-state index in [1.54, 1.807) is 76.2 Å². The molecule has 2 fully saturated rings. The van der Waals surface area contributed by atoms with Crippen LogP contribution in [-0.2, 0) is 43.1 Å². The molecule has 6 aliphatic rings. The number of benzene rings is 3. The lowest BCUT2D eigenvalue weighted by Gasteiger charge is -2.59. The lowest BCUT2D eigenvalue weighted by molar-refractivity contribution is -0.156. The van der Waals surface area contributed by atoms with Gasteiger partial charge >= 0.3 is 12.2 Å². The van der Waals surface area contributed by atoms with Crippen molar-refractivity contribution in [3.63, 3.8) is 0 Å². The van der Waals surface area contributed by atoms with Crippen LogP contribution < -0.4 is 27.0 Å². The molecule has 3 aromatic rings. The third-order valence-corrected chi connectivity index (χ3v) is 14.1. The van der Waals surface area contributed by atoms with Crippen LogP contribution in [0.5, 0.6) is 0 Å². The number of primary amides is 2. The van der Waals surface area contributed by atoms with Crippen LogP contribution in [0.3, 0.4) is 0 Å². The zero-order chi connectivity index (χ0) is 45.3. The summed E-state index contributed by atoms with van der Waals surface area (Å²) in [7, 11) is 0. The van der Waals surface area contributed by atoms with Crippen LogP contribution >= 0.6 is 0 Å². The van der Waals surface area contributed by atoms with Gasteiger partial charge in [0, 0.05) is 54.3 Å². The maximum atomic E-state index is 16.8. The van der Waals surface area contributed by atoms with Crippen LogP contribution in [0.15, 0.2) is 72.8 Å². The molecule has 2 heterocycles. The molecular weight excluding hydrogens is 812 g/mol. The van der Waals surface area contributed by atoms with Gasteiger partial charge in [0.25, 0.3) is 11.8 Å². The predicted octanol–water partition coefficient (Wildman–Crippen LogP) is 4.12. The summed E-state index contributed by atoms with van der Waals surface area (Å²) in [6, 6.07) is 17.9. The second kappa shape index (κ2) is 15.7. The summed E-state index contributed by atoms with van der Waals surface area (Å²) in [5, 5.41) is 24.1. The zero-order valence-corrected chi connectivity index (χ0v) is 34.6. The van der Waals surface area contributed by atoms with E-state index in [0.29, 0.717) is 11.1 Å². The Hall–Kier alpha value is -6.01. The highest BCUT2D eigenvalue weighted by molar-refractivity contribution is 6.00. The second-order valence-electron chi connectivity index (χ2n) is 17.9. The average Bonchev–Trinajstić information content (AvgIpc) is 3.74. The smallest absolute Gasteiger partial charge is 0.411 e. The molecule has 0 aromatic heterocycles. The standard InChI is InChI=1S/C44H50F3N7O8/c1-41(2)31(35(48)55)17-23-5-9-25(10-6-23)43(41,37(57)50-39(59)60)52-21-28(46)19-33(52)54(30-15-13-27(45)14-16-30)34-20-29(47)22-53(34)44(38(58)51-40(61)62)26-11-7-24(8-12-26)18-32(36(49)56)42(44,3)4/h5-16,28-29,31-34H,17-22H2,1-4H3,(H2,48,55)(H2,49,56)(H,50,57)(H,51,58)(H,59,60)(H,61,62)/t28-,29-,31?,32?,33+,34+,43+,44+/m1/s1. The molecule has 8 atom stereocenters. The fourth-order valence-corrected chi connectivity index (χ4v) is 11.4. The molecule has 2 aliphatic heterocycles. The van der Waals surface area contributed by atoms with Crippen molar-refractivity contribution >= 4 is 41.5 Å². The monoisotopic (exact) mass is 861 g/mol. The first-order valence-corrected chi connectivity index (χ1v) is 20.3. The van der Waals surface area contributed by atoms with E-state index in [-0.39, 0.29) is 29.7 Å². The largest absolute Gasteiger partial charge is 0.465 e. The summed E-state index contributed by atoms with van der Waals surface area (Å²) >= 11 is 0. The number of halogens is 3. The molecule has 6 amide bonds. The first-order chi connectivity index (χ1) is 29.1. The van der Waals surface area contributed by atoms with Gasteiger partial charge < -0.3 is 26.6 Å². The molecular formula is C44H50F3N7O8. The number of carboxylic acid groups (broad SMARTS) is 2. The van der Waals surface area contributed by atoms with E-state index in [9.17, 15) is 33.8 Å². The second-order valence-corrected chi connectivity index (χ2v) is 17.9. The summed E-state index contributed by atoms with van der Waals surface area (Å²) in [5.74, 6) is -6.87. The number of amides is 6. The normalized spacial score (nSPS) is 30.0. The number of carbonyl (C=O) groups excluding carboxylic acids is 4. The number of nitrogens with one attached hydrogen (secondary N) is 2. The van der Waals surface area contributed by atoms with Crippen molar-refractivity contribution in [1.82, 2.24) is 20.4 Å². The molecule has 0 saturated carbocycles. The van der Waals surface area contributed by atoms with E-state index in [4.69, 9.17) is 11.5 Å². The van der Waals surface area contributed by atoms with Crippen LogP contribution in [0.2, 0.25) is 0 Å². The average molecular weight is 862 g/mol. The highest BCUT2D eigenvalue weighted by Crippen LogP contribution is 2.58. The van der Waals surface area contributed by atoms with Gasteiger partial charge in [-0.1, -0.05) is 76.2 Å². The quantitative estimate of drug-likeness (QED) is 0.179. The summed E-state index contributed by atoms with van der Waals surface area (Å²) in [6.45, 7) is 5.19. The highest BCUT2D eigenvalue weighted by atomic mass is 19.1. The predicted molar refractivity (Wildman–Crippen MR) is 218 cm³/mol. The summed E-state index contributed by atoms with van der Waals surface area (Å²) in [4.78, 5) is 86.3. The molecule has 62 heavy (non-hydrogen) atoms. The topological polar surface area (TPSA) is 229 Å². The molecule has 9 rings (SSSR count). The number of hydrogen-bond acceptors (Lipinski definition) is 9. The molecule has 18 heteroatoms. The maximum Gasteiger partial charge on any atom is 0.411 e. The zero-order valence-electron chi connectivity index (χ0n) is 34.6. The lowest BCUT2D eigenvalue weighted by Crippen LogP contribution is -2.73. The molecule has 2 saturated heterocycles. The van der Waals surface area contributed by atoms with Gasteiger partial charge in [0.2, 0.25) is 11.8 Å². The fraction of sp³-hybridized carbons (Fsp3) is 0.455. The van der Waals surface area contributed by atoms with E-state index >= 15 is 18.4 Å². The SMILES string of the molecule is CC1(C)C(C(N)=O)Cc2ccc(cc2)[C@@]1(C(=O)NC(=O)O)N1C[C@H](F)C[C@@H]1N(c1ccc(F)cc1)[C@H]1C[C@@H](F)CN1[C@]1(C(=O)NC(=O)O)c2ccc(cc2)CC(C(N)=O)C1(C)C. The third-order valence-electron chi connectivity index (χ3n) is 14.1.